The summed E-state index contributed by atoms with van der Waals surface area (Å²) in [6.07, 6.45) is 3.89. The van der Waals surface area contributed by atoms with E-state index in [9.17, 15) is 4.79 Å². The van der Waals surface area contributed by atoms with Crippen LogP contribution in [0.1, 0.15) is 32.3 Å². The molecule has 1 aromatic carbocycles. The molecule has 17 heavy (non-hydrogen) atoms. The summed E-state index contributed by atoms with van der Waals surface area (Å²) in [7, 11) is 0. The standard InChI is InChI=1S/C14H16Cl2O/c1-3-10(4-2)7-13(17)8-11-5-6-12(15)9-14(11)16/h5-7,9H,3-4,8H2,1-2H3. The van der Waals surface area contributed by atoms with Crippen LogP contribution in [0.25, 0.3) is 0 Å². The predicted molar refractivity (Wildman–Crippen MR) is 73.8 cm³/mol. The zero-order valence-corrected chi connectivity index (χ0v) is 11.6. The molecule has 1 rings (SSSR count). The fourth-order valence-corrected chi connectivity index (χ4v) is 2.06. The average Bonchev–Trinajstić information content (AvgIpc) is 2.29. The molecule has 0 aliphatic carbocycles. The van der Waals surface area contributed by atoms with Gasteiger partial charge in [-0.05, 0) is 36.6 Å². The third kappa shape index (κ3) is 4.53. The van der Waals surface area contributed by atoms with Crippen LogP contribution < -0.4 is 0 Å². The second-order valence-corrected chi connectivity index (χ2v) is 4.73. The topological polar surface area (TPSA) is 17.1 Å². The number of hydrogen-bond acceptors (Lipinski definition) is 1. The van der Waals surface area contributed by atoms with Crippen LogP contribution in [-0.2, 0) is 11.2 Å². The first-order chi connectivity index (χ1) is 8.06. The van der Waals surface area contributed by atoms with Crippen LogP contribution in [0.4, 0.5) is 0 Å². The molecular formula is C14H16Cl2O. The van der Waals surface area contributed by atoms with E-state index in [1.165, 1.54) is 5.57 Å². The van der Waals surface area contributed by atoms with Crippen molar-refractivity contribution in [3.63, 3.8) is 0 Å². The quantitative estimate of drug-likeness (QED) is 0.699. The third-order valence-corrected chi connectivity index (χ3v) is 3.24. The van der Waals surface area contributed by atoms with E-state index in [1.807, 2.05) is 0 Å². The van der Waals surface area contributed by atoms with Crippen molar-refractivity contribution in [2.24, 2.45) is 0 Å². The maximum atomic E-state index is 11.8. The molecule has 0 heterocycles. The van der Waals surface area contributed by atoms with Crippen LogP contribution >= 0.6 is 23.2 Å². The highest BCUT2D eigenvalue weighted by atomic mass is 35.5. The van der Waals surface area contributed by atoms with Crippen LogP contribution in [0, 0.1) is 0 Å². The largest absolute Gasteiger partial charge is 0.294 e. The molecule has 0 atom stereocenters. The van der Waals surface area contributed by atoms with Gasteiger partial charge in [-0.2, -0.15) is 0 Å². The lowest BCUT2D eigenvalue weighted by Crippen LogP contribution is -2.00. The van der Waals surface area contributed by atoms with E-state index in [2.05, 4.69) is 13.8 Å². The van der Waals surface area contributed by atoms with Gasteiger partial charge in [-0.1, -0.05) is 48.7 Å². The van der Waals surface area contributed by atoms with Gasteiger partial charge in [0.1, 0.15) is 0 Å². The van der Waals surface area contributed by atoms with E-state index in [-0.39, 0.29) is 5.78 Å². The minimum Gasteiger partial charge on any atom is -0.294 e. The number of allylic oxidation sites excluding steroid dienone is 2. The van der Waals surface area contributed by atoms with Crippen LogP contribution in [0.3, 0.4) is 0 Å². The lowest BCUT2D eigenvalue weighted by molar-refractivity contribution is -0.114. The van der Waals surface area contributed by atoms with Crippen molar-refractivity contribution >= 4 is 29.0 Å². The Morgan fingerprint density at radius 2 is 1.88 bits per heavy atom. The molecule has 0 aliphatic heterocycles. The summed E-state index contributed by atoms with van der Waals surface area (Å²) in [6, 6.07) is 5.21. The van der Waals surface area contributed by atoms with Gasteiger partial charge in [-0.3, -0.25) is 4.79 Å². The van der Waals surface area contributed by atoms with Gasteiger partial charge in [-0.25, -0.2) is 0 Å². The molecule has 0 N–H and O–H groups in total. The zero-order valence-electron chi connectivity index (χ0n) is 10.1. The SMILES string of the molecule is CCC(=CC(=O)Cc1ccc(Cl)cc1Cl)CC. The number of ketones is 1. The van der Waals surface area contributed by atoms with Crippen molar-refractivity contribution in [3.8, 4) is 0 Å². The number of benzene rings is 1. The number of hydrogen-bond donors (Lipinski definition) is 0. The van der Waals surface area contributed by atoms with E-state index in [1.54, 1.807) is 24.3 Å². The molecule has 0 fully saturated rings. The Morgan fingerprint density at radius 3 is 2.41 bits per heavy atom. The highest BCUT2D eigenvalue weighted by Crippen LogP contribution is 2.21. The normalized spacial score (nSPS) is 10.1. The first kappa shape index (κ1) is 14.3. The molecule has 0 bridgehead atoms. The van der Waals surface area contributed by atoms with Crippen molar-refractivity contribution in [3.05, 3.63) is 45.5 Å². The summed E-state index contributed by atoms with van der Waals surface area (Å²) in [4.78, 5) is 11.8. The van der Waals surface area contributed by atoms with Gasteiger partial charge < -0.3 is 0 Å². The van der Waals surface area contributed by atoms with E-state index < -0.39 is 0 Å². The van der Waals surface area contributed by atoms with Gasteiger partial charge in [-0.15, -0.1) is 0 Å². The molecule has 1 aromatic rings. The molecule has 0 amide bonds. The minimum atomic E-state index is 0.0907. The molecule has 0 aromatic heterocycles. The van der Waals surface area contributed by atoms with Crippen molar-refractivity contribution in [1.82, 2.24) is 0 Å². The summed E-state index contributed by atoms with van der Waals surface area (Å²) in [6.45, 7) is 4.11. The maximum absolute atomic E-state index is 11.8. The predicted octanol–water partition coefficient (Wildman–Crippen LogP) is 4.85. The van der Waals surface area contributed by atoms with Crippen LogP contribution in [0.2, 0.25) is 10.0 Å². The Labute approximate surface area is 112 Å². The van der Waals surface area contributed by atoms with Gasteiger partial charge in [0.2, 0.25) is 0 Å². The summed E-state index contributed by atoms with van der Waals surface area (Å²) >= 11 is 11.8. The first-order valence-corrected chi connectivity index (χ1v) is 6.48. The highest BCUT2D eigenvalue weighted by molar-refractivity contribution is 6.35. The number of carbonyl (C=O) groups is 1. The van der Waals surface area contributed by atoms with Crippen LogP contribution in [0.15, 0.2) is 29.8 Å². The molecule has 3 heteroatoms. The lowest BCUT2D eigenvalue weighted by Gasteiger charge is -2.03. The zero-order chi connectivity index (χ0) is 12.8. The third-order valence-electron chi connectivity index (χ3n) is 2.65. The molecule has 1 nitrogen and oxygen atoms in total. The molecule has 92 valence electrons. The van der Waals surface area contributed by atoms with Crippen molar-refractivity contribution in [2.75, 3.05) is 0 Å². The molecule has 0 aliphatic rings. The van der Waals surface area contributed by atoms with E-state index in [0.29, 0.717) is 16.5 Å². The molecule has 0 saturated carbocycles. The van der Waals surface area contributed by atoms with Gasteiger partial charge in [0.15, 0.2) is 5.78 Å². The monoisotopic (exact) mass is 270 g/mol. The second-order valence-electron chi connectivity index (χ2n) is 3.89. The lowest BCUT2D eigenvalue weighted by atomic mass is 10.0. The summed E-state index contributed by atoms with van der Waals surface area (Å²) in [5.74, 6) is 0.0907. The second kappa shape index (κ2) is 6.83. The molecule has 0 radical (unpaired) electrons. The van der Waals surface area contributed by atoms with Crippen molar-refractivity contribution in [1.29, 1.82) is 0 Å². The average molecular weight is 271 g/mol. The number of halogens is 2. The van der Waals surface area contributed by atoms with Gasteiger partial charge in [0, 0.05) is 16.5 Å². The van der Waals surface area contributed by atoms with E-state index in [4.69, 9.17) is 23.2 Å². The highest BCUT2D eigenvalue weighted by Gasteiger charge is 2.06. The Kier molecular flexibility index (Phi) is 5.73. The van der Waals surface area contributed by atoms with E-state index >= 15 is 0 Å². The Bertz CT molecular complexity index is 430. The van der Waals surface area contributed by atoms with Gasteiger partial charge >= 0.3 is 0 Å². The Hall–Kier alpha value is -0.790. The van der Waals surface area contributed by atoms with Crippen molar-refractivity contribution < 1.29 is 4.79 Å². The first-order valence-electron chi connectivity index (χ1n) is 5.73. The van der Waals surface area contributed by atoms with Gasteiger partial charge in [0.05, 0.1) is 0 Å². The number of carbonyl (C=O) groups excluding carboxylic acids is 1. The minimum absolute atomic E-state index is 0.0907. The fraction of sp³-hybridized carbons (Fsp3) is 0.357. The van der Waals surface area contributed by atoms with Crippen LogP contribution in [-0.4, -0.2) is 5.78 Å². The molecule has 0 unspecified atom stereocenters. The Balaban J connectivity index is 2.78. The smallest absolute Gasteiger partial charge is 0.160 e. The molecule has 0 spiro atoms. The van der Waals surface area contributed by atoms with Crippen molar-refractivity contribution in [2.45, 2.75) is 33.1 Å². The maximum Gasteiger partial charge on any atom is 0.160 e. The summed E-state index contributed by atoms with van der Waals surface area (Å²) in [5.41, 5.74) is 1.99. The molecular weight excluding hydrogens is 255 g/mol. The van der Waals surface area contributed by atoms with Crippen LogP contribution in [0.5, 0.6) is 0 Å². The fourth-order valence-electron chi connectivity index (χ4n) is 1.59. The summed E-state index contributed by atoms with van der Waals surface area (Å²) in [5, 5.41) is 1.14. The molecule has 0 saturated heterocycles. The Morgan fingerprint density at radius 1 is 1.24 bits per heavy atom. The van der Waals surface area contributed by atoms with E-state index in [0.717, 1.165) is 18.4 Å². The summed E-state index contributed by atoms with van der Waals surface area (Å²) < 4.78 is 0. The van der Waals surface area contributed by atoms with Gasteiger partial charge in [0.25, 0.3) is 0 Å². The number of rotatable bonds is 5.